The van der Waals surface area contributed by atoms with E-state index in [-0.39, 0.29) is 0 Å². The van der Waals surface area contributed by atoms with Crippen molar-refractivity contribution in [2.45, 2.75) is 19.3 Å². The van der Waals surface area contributed by atoms with Crippen LogP contribution in [0.4, 0.5) is 0 Å². The average molecular weight is 577 g/mol. The van der Waals surface area contributed by atoms with Gasteiger partial charge in [-0.15, -0.1) is 0 Å². The number of para-hydroxylation sites is 1. The Hall–Kier alpha value is -5.60. The summed E-state index contributed by atoms with van der Waals surface area (Å²) >= 11 is 0. The summed E-state index contributed by atoms with van der Waals surface area (Å²) in [6, 6.07) is 42.2. The Morgan fingerprint density at radius 1 is 0.689 bits per heavy atom. The van der Waals surface area contributed by atoms with Gasteiger partial charge >= 0.3 is 0 Å². The van der Waals surface area contributed by atoms with Crippen LogP contribution in [0.1, 0.15) is 47.3 Å². The molecule has 0 N–H and O–H groups in total. The minimum atomic E-state index is 0.440. The van der Waals surface area contributed by atoms with Gasteiger partial charge in [0.25, 0.3) is 0 Å². The van der Waals surface area contributed by atoms with Gasteiger partial charge in [-0.05, 0) is 89.7 Å². The molecule has 0 radical (unpaired) electrons. The predicted octanol–water partition coefficient (Wildman–Crippen LogP) is 11.4. The molecule has 0 bridgehead atoms. The van der Waals surface area contributed by atoms with Crippen molar-refractivity contribution in [1.82, 2.24) is 9.13 Å². The maximum atomic E-state index is 4.24. The highest BCUT2D eigenvalue weighted by Gasteiger charge is 2.34. The van der Waals surface area contributed by atoms with E-state index in [1.165, 1.54) is 72.1 Å². The van der Waals surface area contributed by atoms with E-state index in [0.29, 0.717) is 5.92 Å². The van der Waals surface area contributed by atoms with Crippen LogP contribution in [0, 0.1) is 0 Å². The highest BCUT2D eigenvalue weighted by molar-refractivity contribution is 6.01. The first kappa shape index (κ1) is 25.9. The molecule has 214 valence electrons. The average Bonchev–Trinajstić information content (AvgIpc) is 3.73. The number of hydrogen-bond acceptors (Lipinski definition) is 0. The van der Waals surface area contributed by atoms with Crippen LogP contribution in [0.25, 0.3) is 73.7 Å². The molecule has 0 fully saturated rings. The van der Waals surface area contributed by atoms with Gasteiger partial charge in [-0.3, -0.25) is 0 Å². The first-order valence-corrected chi connectivity index (χ1v) is 15.8. The molecule has 1 aliphatic heterocycles. The SMILES string of the molecule is C=Cc1c(/C=C\C)c2cc(-c3ccc4c(c3)c3c5n4-c4ccccc4C5CC=C3)ccc2n1-c1ccc(-c2ccccc2)cc1. The molecule has 2 heteroatoms. The minimum Gasteiger partial charge on any atom is -0.312 e. The molecule has 3 heterocycles. The lowest BCUT2D eigenvalue weighted by atomic mass is 9.87. The van der Waals surface area contributed by atoms with Crippen molar-refractivity contribution < 1.29 is 0 Å². The Morgan fingerprint density at radius 3 is 2.11 bits per heavy atom. The van der Waals surface area contributed by atoms with E-state index < -0.39 is 0 Å². The molecule has 45 heavy (non-hydrogen) atoms. The quantitative estimate of drug-likeness (QED) is 0.193. The third kappa shape index (κ3) is 3.76. The standard InChI is InChI=1S/C43H32N2/c1-3-11-33-37-26-30(20-24-41(37)44(39(33)4-2)32-22-18-29(19-23-32)28-12-6-5-7-13-28)31-21-25-42-38(27-31)36-16-10-15-35-34-14-8-9-17-40(34)45(42)43(35)36/h3-14,16-27,35H,2,15H2,1H3/b11-3-. The van der Waals surface area contributed by atoms with Crippen LogP contribution in [0.3, 0.4) is 0 Å². The summed E-state index contributed by atoms with van der Waals surface area (Å²) in [4.78, 5) is 0. The first-order valence-electron chi connectivity index (χ1n) is 15.8. The van der Waals surface area contributed by atoms with E-state index in [1.807, 2.05) is 6.08 Å². The topological polar surface area (TPSA) is 9.86 Å². The largest absolute Gasteiger partial charge is 0.312 e. The second kappa shape index (κ2) is 9.97. The summed E-state index contributed by atoms with van der Waals surface area (Å²) in [5.41, 5.74) is 16.4. The molecule has 2 aromatic heterocycles. The van der Waals surface area contributed by atoms with Crippen LogP contribution >= 0.6 is 0 Å². The molecule has 0 saturated heterocycles. The zero-order valence-electron chi connectivity index (χ0n) is 25.2. The number of fused-ring (bicyclic) bond motifs is 7. The molecule has 1 atom stereocenters. The van der Waals surface area contributed by atoms with Gasteiger partial charge in [0, 0.05) is 44.9 Å². The van der Waals surface area contributed by atoms with Crippen molar-refractivity contribution >= 4 is 40.0 Å². The lowest BCUT2D eigenvalue weighted by molar-refractivity contribution is 0.820. The number of benzene rings is 5. The minimum absolute atomic E-state index is 0.440. The van der Waals surface area contributed by atoms with Crippen molar-refractivity contribution in [3.63, 3.8) is 0 Å². The van der Waals surface area contributed by atoms with Gasteiger partial charge in [0.2, 0.25) is 0 Å². The second-order valence-corrected chi connectivity index (χ2v) is 12.1. The highest BCUT2D eigenvalue weighted by atomic mass is 15.0. The Kier molecular flexibility index (Phi) is 5.73. The molecule has 1 unspecified atom stereocenters. The van der Waals surface area contributed by atoms with Crippen molar-refractivity contribution in [3.8, 4) is 33.6 Å². The zero-order chi connectivity index (χ0) is 30.1. The summed E-state index contributed by atoms with van der Waals surface area (Å²) in [6.07, 6.45) is 12.1. The van der Waals surface area contributed by atoms with Crippen LogP contribution < -0.4 is 0 Å². The van der Waals surface area contributed by atoms with Crippen LogP contribution in [0.5, 0.6) is 0 Å². The molecule has 0 saturated carbocycles. The van der Waals surface area contributed by atoms with E-state index in [9.17, 15) is 0 Å². The maximum Gasteiger partial charge on any atom is 0.0541 e. The third-order valence-electron chi connectivity index (χ3n) is 9.72. The maximum absolute atomic E-state index is 4.24. The smallest absolute Gasteiger partial charge is 0.0541 e. The number of rotatable bonds is 5. The Morgan fingerprint density at radius 2 is 1.36 bits per heavy atom. The molecule has 2 nitrogen and oxygen atoms in total. The van der Waals surface area contributed by atoms with E-state index in [0.717, 1.165) is 17.8 Å². The fourth-order valence-corrected chi connectivity index (χ4v) is 7.76. The third-order valence-corrected chi connectivity index (χ3v) is 9.72. The summed E-state index contributed by atoms with van der Waals surface area (Å²) in [6.45, 7) is 6.33. The molecule has 2 aliphatic rings. The van der Waals surface area contributed by atoms with Crippen LogP contribution in [-0.2, 0) is 0 Å². The normalized spacial score (nSPS) is 14.8. The number of nitrogens with zero attached hydrogens (tertiary/aromatic N) is 2. The van der Waals surface area contributed by atoms with Crippen molar-refractivity contribution in [1.29, 1.82) is 0 Å². The van der Waals surface area contributed by atoms with Gasteiger partial charge < -0.3 is 9.13 Å². The van der Waals surface area contributed by atoms with Crippen molar-refractivity contribution in [2.24, 2.45) is 0 Å². The monoisotopic (exact) mass is 576 g/mol. The van der Waals surface area contributed by atoms with Crippen LogP contribution in [0.15, 0.2) is 134 Å². The number of allylic oxidation sites excluding steroid dienone is 2. The number of aromatic nitrogens is 2. The molecule has 9 rings (SSSR count). The summed E-state index contributed by atoms with van der Waals surface area (Å²) in [5, 5.41) is 2.55. The fraction of sp³-hybridized carbons (Fsp3) is 0.0698. The molecule has 0 spiro atoms. The van der Waals surface area contributed by atoms with E-state index in [1.54, 1.807) is 0 Å². The van der Waals surface area contributed by atoms with Crippen LogP contribution in [-0.4, -0.2) is 9.13 Å². The summed E-state index contributed by atoms with van der Waals surface area (Å²) in [7, 11) is 0. The van der Waals surface area contributed by atoms with Gasteiger partial charge in [-0.1, -0.05) is 104 Å². The zero-order valence-corrected chi connectivity index (χ0v) is 25.2. The van der Waals surface area contributed by atoms with Crippen LogP contribution in [0.2, 0.25) is 0 Å². The Balaban J connectivity index is 1.19. The lowest BCUT2D eigenvalue weighted by Crippen LogP contribution is -2.00. The fourth-order valence-electron chi connectivity index (χ4n) is 7.76. The molecule has 0 amide bonds. The molecule has 1 aliphatic carbocycles. The summed E-state index contributed by atoms with van der Waals surface area (Å²) in [5.74, 6) is 0.440. The molecular weight excluding hydrogens is 544 g/mol. The van der Waals surface area contributed by atoms with Gasteiger partial charge in [-0.25, -0.2) is 0 Å². The Bertz CT molecular complexity index is 2360. The van der Waals surface area contributed by atoms with Gasteiger partial charge in [0.15, 0.2) is 0 Å². The van der Waals surface area contributed by atoms with E-state index in [4.69, 9.17) is 0 Å². The Labute approximate surface area is 263 Å². The molecular formula is C43H32N2. The van der Waals surface area contributed by atoms with E-state index >= 15 is 0 Å². The molecule has 5 aromatic carbocycles. The second-order valence-electron chi connectivity index (χ2n) is 12.1. The molecule has 7 aromatic rings. The van der Waals surface area contributed by atoms with Gasteiger partial charge in [0.05, 0.1) is 16.7 Å². The van der Waals surface area contributed by atoms with Gasteiger partial charge in [0.1, 0.15) is 0 Å². The predicted molar refractivity (Wildman–Crippen MR) is 191 cm³/mol. The highest BCUT2D eigenvalue weighted by Crippen LogP contribution is 2.49. The van der Waals surface area contributed by atoms with Gasteiger partial charge in [-0.2, -0.15) is 0 Å². The summed E-state index contributed by atoms with van der Waals surface area (Å²) < 4.78 is 4.84. The lowest BCUT2D eigenvalue weighted by Gasteiger charge is -2.14. The first-order chi connectivity index (χ1) is 22.2. The van der Waals surface area contributed by atoms with Crippen molar-refractivity contribution in [2.75, 3.05) is 0 Å². The van der Waals surface area contributed by atoms with E-state index in [2.05, 4.69) is 162 Å². The number of hydrogen-bond donors (Lipinski definition) is 0. The van der Waals surface area contributed by atoms with Crippen molar-refractivity contribution in [3.05, 3.63) is 162 Å².